The van der Waals surface area contributed by atoms with E-state index in [1.54, 1.807) is 18.1 Å². The Hall–Kier alpha value is -2.40. The fraction of sp³-hybridized carbons (Fsp3) is 0.118. The monoisotopic (exact) mass is 309 g/mol. The van der Waals surface area contributed by atoms with Crippen molar-refractivity contribution >= 4 is 17.5 Å². The van der Waals surface area contributed by atoms with Gasteiger partial charge in [0.15, 0.2) is 10.9 Å². The summed E-state index contributed by atoms with van der Waals surface area (Å²) in [6.45, 7) is 0. The molecule has 5 heteroatoms. The molecule has 0 bridgehead atoms. The minimum Gasteiger partial charge on any atom is -0.312 e. The van der Waals surface area contributed by atoms with Gasteiger partial charge in [-0.05, 0) is 5.56 Å². The summed E-state index contributed by atoms with van der Waals surface area (Å²) in [5, 5.41) is 8.77. The average Bonchev–Trinajstić information content (AvgIpc) is 2.99. The van der Waals surface area contributed by atoms with Crippen molar-refractivity contribution in [1.82, 2.24) is 14.8 Å². The standard InChI is InChI=1S/C17H15N3OS/c1-20-12-18-19-17(20)22-11-13-7-9-15(10-8-13)16(21)14-5-3-2-4-6-14/h2-10,12H,11H2,1H3. The maximum Gasteiger partial charge on any atom is 0.193 e. The molecule has 0 aliphatic rings. The lowest BCUT2D eigenvalue weighted by Crippen LogP contribution is -2.00. The van der Waals surface area contributed by atoms with Crippen LogP contribution in [0.1, 0.15) is 21.5 Å². The molecule has 0 N–H and O–H groups in total. The van der Waals surface area contributed by atoms with E-state index in [0.29, 0.717) is 11.1 Å². The van der Waals surface area contributed by atoms with Crippen LogP contribution in [0.3, 0.4) is 0 Å². The van der Waals surface area contributed by atoms with Crippen LogP contribution in [-0.4, -0.2) is 20.5 Å². The van der Waals surface area contributed by atoms with Gasteiger partial charge in [0.2, 0.25) is 0 Å². The zero-order valence-corrected chi connectivity index (χ0v) is 13.0. The van der Waals surface area contributed by atoms with Crippen molar-refractivity contribution in [3.05, 3.63) is 77.6 Å². The van der Waals surface area contributed by atoms with Gasteiger partial charge >= 0.3 is 0 Å². The zero-order chi connectivity index (χ0) is 15.4. The first-order chi connectivity index (χ1) is 10.7. The van der Waals surface area contributed by atoms with Crippen LogP contribution in [0.15, 0.2) is 66.1 Å². The minimum atomic E-state index is 0.0492. The number of rotatable bonds is 5. The number of aromatic nitrogens is 3. The number of ketones is 1. The Morgan fingerprint density at radius 3 is 2.36 bits per heavy atom. The molecule has 0 saturated heterocycles. The van der Waals surface area contributed by atoms with Crippen LogP contribution in [0.25, 0.3) is 0 Å². The molecule has 0 amide bonds. The van der Waals surface area contributed by atoms with E-state index in [4.69, 9.17) is 0 Å². The zero-order valence-electron chi connectivity index (χ0n) is 12.1. The topological polar surface area (TPSA) is 47.8 Å². The maximum atomic E-state index is 12.3. The maximum absolute atomic E-state index is 12.3. The number of benzene rings is 2. The Bertz CT molecular complexity index is 766. The molecule has 0 saturated carbocycles. The highest BCUT2D eigenvalue weighted by Gasteiger charge is 2.08. The lowest BCUT2D eigenvalue weighted by Gasteiger charge is -2.04. The Morgan fingerprint density at radius 2 is 1.73 bits per heavy atom. The Kier molecular flexibility index (Phi) is 4.34. The summed E-state index contributed by atoms with van der Waals surface area (Å²) in [4.78, 5) is 12.3. The summed E-state index contributed by atoms with van der Waals surface area (Å²) in [5.74, 6) is 0.847. The highest BCUT2D eigenvalue weighted by molar-refractivity contribution is 7.98. The van der Waals surface area contributed by atoms with E-state index in [0.717, 1.165) is 16.5 Å². The molecule has 0 atom stereocenters. The summed E-state index contributed by atoms with van der Waals surface area (Å²) in [5.41, 5.74) is 2.57. The first-order valence-corrected chi connectivity index (χ1v) is 7.88. The molecule has 1 aromatic heterocycles. The van der Waals surface area contributed by atoms with E-state index >= 15 is 0 Å². The molecule has 0 radical (unpaired) electrons. The number of carbonyl (C=O) groups excluding carboxylic acids is 1. The fourth-order valence-electron chi connectivity index (χ4n) is 2.06. The predicted molar refractivity (Wildman–Crippen MR) is 86.9 cm³/mol. The van der Waals surface area contributed by atoms with Crippen molar-refractivity contribution in [2.75, 3.05) is 0 Å². The van der Waals surface area contributed by atoms with Crippen molar-refractivity contribution in [2.24, 2.45) is 7.05 Å². The molecular weight excluding hydrogens is 294 g/mol. The van der Waals surface area contributed by atoms with Crippen LogP contribution in [0.2, 0.25) is 0 Å². The van der Waals surface area contributed by atoms with Crippen LogP contribution in [0.4, 0.5) is 0 Å². The van der Waals surface area contributed by atoms with Crippen LogP contribution in [0.5, 0.6) is 0 Å². The third kappa shape index (κ3) is 3.26. The molecule has 3 aromatic rings. The molecule has 2 aromatic carbocycles. The summed E-state index contributed by atoms with van der Waals surface area (Å²) >= 11 is 1.62. The van der Waals surface area contributed by atoms with Crippen LogP contribution < -0.4 is 0 Å². The van der Waals surface area contributed by atoms with Gasteiger partial charge in [0, 0.05) is 23.9 Å². The average molecular weight is 309 g/mol. The van der Waals surface area contributed by atoms with E-state index in [2.05, 4.69) is 10.2 Å². The summed E-state index contributed by atoms with van der Waals surface area (Å²) in [6, 6.07) is 17.0. The highest BCUT2D eigenvalue weighted by atomic mass is 32.2. The third-order valence-electron chi connectivity index (χ3n) is 3.29. The second kappa shape index (κ2) is 6.58. The lowest BCUT2D eigenvalue weighted by molar-refractivity contribution is 0.103. The molecule has 3 rings (SSSR count). The van der Waals surface area contributed by atoms with Gasteiger partial charge in [0.1, 0.15) is 6.33 Å². The van der Waals surface area contributed by atoms with Crippen LogP contribution in [0, 0.1) is 0 Å². The van der Waals surface area contributed by atoms with Gasteiger partial charge in [-0.25, -0.2) is 0 Å². The van der Waals surface area contributed by atoms with Gasteiger partial charge in [-0.1, -0.05) is 66.4 Å². The number of nitrogens with zero attached hydrogens (tertiary/aromatic N) is 3. The largest absolute Gasteiger partial charge is 0.312 e. The molecular formula is C17H15N3OS. The second-order valence-corrected chi connectivity index (χ2v) is 5.85. The van der Waals surface area contributed by atoms with Gasteiger partial charge in [0.25, 0.3) is 0 Å². The molecule has 0 aliphatic carbocycles. The number of carbonyl (C=O) groups is 1. The number of aryl methyl sites for hydroxylation is 1. The van der Waals surface area contributed by atoms with Crippen LogP contribution in [-0.2, 0) is 12.8 Å². The molecule has 0 fully saturated rings. The normalized spacial score (nSPS) is 10.6. The van der Waals surface area contributed by atoms with Gasteiger partial charge in [-0.3, -0.25) is 4.79 Å². The van der Waals surface area contributed by atoms with E-state index in [-0.39, 0.29) is 5.78 Å². The van der Waals surface area contributed by atoms with E-state index in [1.807, 2.05) is 66.2 Å². The number of thioether (sulfide) groups is 1. The molecule has 0 aliphatic heterocycles. The molecule has 0 unspecified atom stereocenters. The Morgan fingerprint density at radius 1 is 1.05 bits per heavy atom. The third-order valence-corrected chi connectivity index (χ3v) is 4.40. The van der Waals surface area contributed by atoms with Crippen molar-refractivity contribution in [1.29, 1.82) is 0 Å². The first-order valence-electron chi connectivity index (χ1n) is 6.89. The Labute approximate surface area is 133 Å². The van der Waals surface area contributed by atoms with Crippen LogP contribution >= 0.6 is 11.8 Å². The van der Waals surface area contributed by atoms with Crippen molar-refractivity contribution in [2.45, 2.75) is 10.9 Å². The quantitative estimate of drug-likeness (QED) is 0.536. The van der Waals surface area contributed by atoms with Gasteiger partial charge < -0.3 is 4.57 Å². The second-order valence-electron chi connectivity index (χ2n) is 4.91. The number of hydrogen-bond acceptors (Lipinski definition) is 4. The summed E-state index contributed by atoms with van der Waals surface area (Å²) in [6.07, 6.45) is 1.68. The molecule has 1 heterocycles. The van der Waals surface area contributed by atoms with E-state index in [9.17, 15) is 4.79 Å². The first kappa shape index (κ1) is 14.5. The van der Waals surface area contributed by atoms with E-state index < -0.39 is 0 Å². The molecule has 110 valence electrons. The van der Waals surface area contributed by atoms with Crippen molar-refractivity contribution < 1.29 is 4.79 Å². The molecule has 0 spiro atoms. The Balaban J connectivity index is 1.68. The lowest BCUT2D eigenvalue weighted by atomic mass is 10.0. The summed E-state index contributed by atoms with van der Waals surface area (Å²) in [7, 11) is 1.92. The highest BCUT2D eigenvalue weighted by Crippen LogP contribution is 2.20. The SMILES string of the molecule is Cn1cnnc1SCc1ccc(C(=O)c2ccccc2)cc1. The molecule has 4 nitrogen and oxygen atoms in total. The van der Waals surface area contributed by atoms with Gasteiger partial charge in [-0.2, -0.15) is 0 Å². The molecule has 22 heavy (non-hydrogen) atoms. The minimum absolute atomic E-state index is 0.0492. The van der Waals surface area contributed by atoms with E-state index in [1.165, 1.54) is 0 Å². The smallest absolute Gasteiger partial charge is 0.193 e. The van der Waals surface area contributed by atoms with Crippen molar-refractivity contribution in [3.8, 4) is 0 Å². The summed E-state index contributed by atoms with van der Waals surface area (Å²) < 4.78 is 1.89. The predicted octanol–water partition coefficient (Wildman–Crippen LogP) is 3.34. The van der Waals surface area contributed by atoms with Gasteiger partial charge in [-0.15, -0.1) is 10.2 Å². The fourth-order valence-corrected chi connectivity index (χ4v) is 2.90. The van der Waals surface area contributed by atoms with Crippen molar-refractivity contribution in [3.63, 3.8) is 0 Å². The number of hydrogen-bond donors (Lipinski definition) is 0. The van der Waals surface area contributed by atoms with Gasteiger partial charge in [0.05, 0.1) is 0 Å².